The molecule has 0 saturated heterocycles. The summed E-state index contributed by atoms with van der Waals surface area (Å²) in [6.45, 7) is 9.60. The zero-order valence-electron chi connectivity index (χ0n) is 11.8. The van der Waals surface area contributed by atoms with E-state index in [9.17, 15) is 4.79 Å². The van der Waals surface area contributed by atoms with E-state index in [1.807, 2.05) is 18.2 Å². The lowest BCUT2D eigenvalue weighted by atomic mass is 10.1. The molecule has 0 heterocycles. The van der Waals surface area contributed by atoms with Crippen LogP contribution in [0.2, 0.25) is 0 Å². The monoisotopic (exact) mass is 261 g/mol. The number of aldehydes is 1. The van der Waals surface area contributed by atoms with Crippen molar-refractivity contribution in [3.05, 3.63) is 42.0 Å². The molecule has 0 unspecified atom stereocenters. The van der Waals surface area contributed by atoms with Gasteiger partial charge in [0.05, 0.1) is 6.61 Å². The van der Waals surface area contributed by atoms with Crippen LogP contribution in [0.5, 0.6) is 5.75 Å². The van der Waals surface area contributed by atoms with Crippen LogP contribution in [0.1, 0.15) is 36.2 Å². The Morgan fingerprint density at radius 1 is 1.42 bits per heavy atom. The van der Waals surface area contributed by atoms with Crippen LogP contribution in [0.15, 0.2) is 30.9 Å². The molecule has 1 aromatic rings. The Kier molecular flexibility index (Phi) is 6.90. The molecule has 0 aromatic heterocycles. The number of ether oxygens (including phenoxy) is 1. The fourth-order valence-electron chi connectivity index (χ4n) is 1.77. The zero-order valence-corrected chi connectivity index (χ0v) is 11.8. The van der Waals surface area contributed by atoms with Gasteiger partial charge in [0.1, 0.15) is 12.0 Å². The van der Waals surface area contributed by atoms with Crippen LogP contribution in [0.4, 0.5) is 0 Å². The van der Waals surface area contributed by atoms with Gasteiger partial charge in [0.15, 0.2) is 0 Å². The molecule has 0 bridgehead atoms. The minimum Gasteiger partial charge on any atom is -0.493 e. The molecule has 1 aromatic carbocycles. The largest absolute Gasteiger partial charge is 0.493 e. The van der Waals surface area contributed by atoms with Crippen molar-refractivity contribution in [2.45, 2.75) is 32.7 Å². The third kappa shape index (κ3) is 5.71. The first-order valence-corrected chi connectivity index (χ1v) is 6.72. The van der Waals surface area contributed by atoms with Crippen LogP contribution in [-0.2, 0) is 6.42 Å². The molecule has 19 heavy (non-hydrogen) atoms. The lowest BCUT2D eigenvalue weighted by molar-refractivity contribution is 0.112. The average molecular weight is 261 g/mol. The summed E-state index contributed by atoms with van der Waals surface area (Å²) >= 11 is 0. The Bertz CT molecular complexity index is 413. The van der Waals surface area contributed by atoms with Crippen LogP contribution < -0.4 is 10.1 Å². The molecule has 104 valence electrons. The molecule has 1 N–H and O–H groups in total. The normalized spacial score (nSPS) is 10.5. The van der Waals surface area contributed by atoms with Gasteiger partial charge in [-0.15, -0.1) is 6.58 Å². The second kappa shape index (κ2) is 8.48. The summed E-state index contributed by atoms with van der Waals surface area (Å²) < 4.78 is 5.77. The number of hydrogen-bond donors (Lipinski definition) is 1. The highest BCUT2D eigenvalue weighted by atomic mass is 16.5. The summed E-state index contributed by atoms with van der Waals surface area (Å²) in [6, 6.07) is 6.00. The highest BCUT2D eigenvalue weighted by molar-refractivity contribution is 5.75. The van der Waals surface area contributed by atoms with Gasteiger partial charge in [-0.2, -0.15) is 0 Å². The van der Waals surface area contributed by atoms with E-state index in [1.165, 1.54) is 0 Å². The van der Waals surface area contributed by atoms with Crippen LogP contribution in [0.3, 0.4) is 0 Å². The molecular weight excluding hydrogens is 238 g/mol. The van der Waals surface area contributed by atoms with Gasteiger partial charge in [-0.25, -0.2) is 0 Å². The summed E-state index contributed by atoms with van der Waals surface area (Å²) in [7, 11) is 0. The molecule has 0 aliphatic carbocycles. The maximum Gasteiger partial charge on any atom is 0.150 e. The van der Waals surface area contributed by atoms with E-state index in [0.717, 1.165) is 30.6 Å². The number of allylic oxidation sites excluding steroid dienone is 1. The fourth-order valence-corrected chi connectivity index (χ4v) is 1.77. The zero-order chi connectivity index (χ0) is 14.1. The van der Waals surface area contributed by atoms with Crippen LogP contribution in [0, 0.1) is 0 Å². The molecule has 1 rings (SSSR count). The third-order valence-electron chi connectivity index (χ3n) is 2.72. The van der Waals surface area contributed by atoms with E-state index >= 15 is 0 Å². The highest BCUT2D eigenvalue weighted by Crippen LogP contribution is 2.20. The van der Waals surface area contributed by atoms with Crippen LogP contribution in [0.25, 0.3) is 0 Å². The summed E-state index contributed by atoms with van der Waals surface area (Å²) in [5, 5.41) is 3.35. The van der Waals surface area contributed by atoms with Crippen molar-refractivity contribution >= 4 is 6.29 Å². The van der Waals surface area contributed by atoms with Gasteiger partial charge >= 0.3 is 0 Å². The molecule has 0 saturated carbocycles. The molecule has 3 heteroatoms. The Morgan fingerprint density at radius 2 is 2.21 bits per heavy atom. The minimum atomic E-state index is 0.503. The molecule has 0 aliphatic rings. The van der Waals surface area contributed by atoms with E-state index < -0.39 is 0 Å². The van der Waals surface area contributed by atoms with Crippen molar-refractivity contribution in [3.8, 4) is 5.75 Å². The average Bonchev–Trinajstić information content (AvgIpc) is 2.39. The summed E-state index contributed by atoms with van der Waals surface area (Å²) in [6.07, 6.45) is 4.34. The number of rotatable bonds is 9. The highest BCUT2D eigenvalue weighted by Gasteiger charge is 2.04. The van der Waals surface area contributed by atoms with Crippen molar-refractivity contribution in [1.82, 2.24) is 5.32 Å². The maximum atomic E-state index is 10.8. The standard InChI is InChI=1S/C16H23NO2/c1-4-6-15-11-14(12-18)7-8-16(15)19-10-5-9-17-13(2)3/h4,7-8,11-13,17H,1,5-6,9-10H2,2-3H3. The number of carbonyl (C=O) groups excluding carboxylic acids is 1. The van der Waals surface area contributed by atoms with Crippen LogP contribution in [-0.4, -0.2) is 25.5 Å². The Labute approximate surface area is 115 Å². The van der Waals surface area contributed by atoms with Gasteiger partial charge in [0.2, 0.25) is 0 Å². The van der Waals surface area contributed by atoms with Crippen molar-refractivity contribution in [1.29, 1.82) is 0 Å². The summed E-state index contributed by atoms with van der Waals surface area (Å²) in [5.74, 6) is 0.843. The van der Waals surface area contributed by atoms with Gasteiger partial charge in [0.25, 0.3) is 0 Å². The van der Waals surface area contributed by atoms with Crippen LogP contribution >= 0.6 is 0 Å². The Hall–Kier alpha value is -1.61. The first-order valence-electron chi connectivity index (χ1n) is 6.72. The fraction of sp³-hybridized carbons (Fsp3) is 0.438. The third-order valence-corrected chi connectivity index (χ3v) is 2.72. The van der Waals surface area contributed by atoms with Gasteiger partial charge < -0.3 is 10.1 Å². The molecule has 0 amide bonds. The Morgan fingerprint density at radius 3 is 2.84 bits per heavy atom. The minimum absolute atomic E-state index is 0.503. The SMILES string of the molecule is C=CCc1cc(C=O)ccc1OCCCNC(C)C. The van der Waals surface area contributed by atoms with Crippen molar-refractivity contribution in [3.63, 3.8) is 0 Å². The Balaban J connectivity index is 2.52. The molecule has 0 aliphatic heterocycles. The first kappa shape index (κ1) is 15.4. The quantitative estimate of drug-likeness (QED) is 0.422. The van der Waals surface area contributed by atoms with E-state index in [4.69, 9.17) is 4.74 Å². The van der Waals surface area contributed by atoms with Gasteiger partial charge in [-0.1, -0.05) is 19.9 Å². The maximum absolute atomic E-state index is 10.8. The van der Waals surface area contributed by atoms with E-state index in [0.29, 0.717) is 24.6 Å². The van der Waals surface area contributed by atoms with Gasteiger partial charge in [-0.05, 0) is 43.1 Å². The number of nitrogens with one attached hydrogen (secondary N) is 1. The first-order chi connectivity index (χ1) is 9.17. The predicted octanol–water partition coefficient (Wildman–Crippen LogP) is 2.99. The molecule has 0 fully saturated rings. The molecule has 0 spiro atoms. The van der Waals surface area contributed by atoms with Crippen molar-refractivity contribution in [2.24, 2.45) is 0 Å². The number of hydrogen-bond acceptors (Lipinski definition) is 3. The van der Waals surface area contributed by atoms with Gasteiger partial charge in [0, 0.05) is 11.6 Å². The lowest BCUT2D eigenvalue weighted by Gasteiger charge is -2.12. The van der Waals surface area contributed by atoms with Gasteiger partial charge in [-0.3, -0.25) is 4.79 Å². The van der Waals surface area contributed by atoms with Crippen molar-refractivity contribution in [2.75, 3.05) is 13.2 Å². The van der Waals surface area contributed by atoms with E-state index in [1.54, 1.807) is 6.07 Å². The number of benzene rings is 1. The van der Waals surface area contributed by atoms with E-state index in [-0.39, 0.29) is 0 Å². The van der Waals surface area contributed by atoms with E-state index in [2.05, 4.69) is 25.7 Å². The van der Waals surface area contributed by atoms with Crippen molar-refractivity contribution < 1.29 is 9.53 Å². The smallest absolute Gasteiger partial charge is 0.150 e. The predicted molar refractivity (Wildman–Crippen MR) is 79.0 cm³/mol. The second-order valence-electron chi connectivity index (χ2n) is 4.79. The topological polar surface area (TPSA) is 38.3 Å². The second-order valence-corrected chi connectivity index (χ2v) is 4.79. The summed E-state index contributed by atoms with van der Waals surface area (Å²) in [5.41, 5.74) is 1.68. The molecule has 0 atom stereocenters. The molecule has 3 nitrogen and oxygen atoms in total. The number of carbonyl (C=O) groups is 1. The summed E-state index contributed by atoms with van der Waals surface area (Å²) in [4.78, 5) is 10.8. The lowest BCUT2D eigenvalue weighted by Crippen LogP contribution is -2.24. The molecule has 0 radical (unpaired) electrons. The molecular formula is C16H23NO2.